The van der Waals surface area contributed by atoms with Gasteiger partial charge in [0.2, 0.25) is 10.0 Å². The van der Waals surface area contributed by atoms with Gasteiger partial charge in [-0.1, -0.05) is 22.0 Å². The molecule has 1 atom stereocenters. The summed E-state index contributed by atoms with van der Waals surface area (Å²) in [7, 11) is -3.40. The molecule has 1 rings (SSSR count). The van der Waals surface area contributed by atoms with Crippen molar-refractivity contribution in [3.8, 4) is 0 Å². The second kappa shape index (κ2) is 6.05. The van der Waals surface area contributed by atoms with Crippen LogP contribution in [0.5, 0.6) is 0 Å². The number of nitrogens with one attached hydrogen (secondary N) is 1. The number of sulfonamides is 1. The van der Waals surface area contributed by atoms with Gasteiger partial charge in [-0.25, -0.2) is 13.1 Å². The molecule has 16 heavy (non-hydrogen) atoms. The van der Waals surface area contributed by atoms with Crippen molar-refractivity contribution in [3.63, 3.8) is 0 Å². The van der Waals surface area contributed by atoms with Crippen LogP contribution in [0, 0.1) is 0 Å². The van der Waals surface area contributed by atoms with Gasteiger partial charge >= 0.3 is 0 Å². The molecule has 0 aliphatic rings. The highest BCUT2D eigenvalue weighted by molar-refractivity contribution is 9.10. The van der Waals surface area contributed by atoms with Crippen LogP contribution in [0.3, 0.4) is 0 Å². The molecule has 0 aliphatic carbocycles. The van der Waals surface area contributed by atoms with Crippen molar-refractivity contribution in [2.75, 3.05) is 12.0 Å². The Balaban J connectivity index is 2.86. The summed E-state index contributed by atoms with van der Waals surface area (Å²) in [6, 6.07) is 6.61. The Morgan fingerprint density at radius 2 is 2.19 bits per heavy atom. The Bertz CT molecular complexity index is 448. The van der Waals surface area contributed by atoms with E-state index in [0.29, 0.717) is 0 Å². The minimum atomic E-state index is -3.40. The third-order valence-electron chi connectivity index (χ3n) is 1.88. The van der Waals surface area contributed by atoms with Gasteiger partial charge < -0.3 is 0 Å². The summed E-state index contributed by atoms with van der Waals surface area (Å²) in [4.78, 5) is 0.287. The molecule has 1 aromatic carbocycles. The molecular formula is C10H14BrNO2S2. The molecule has 1 N–H and O–H groups in total. The topological polar surface area (TPSA) is 46.2 Å². The van der Waals surface area contributed by atoms with Gasteiger partial charge in [0.25, 0.3) is 0 Å². The van der Waals surface area contributed by atoms with Gasteiger partial charge in [0.05, 0.1) is 4.90 Å². The molecule has 0 fully saturated rings. The molecule has 0 bridgehead atoms. The maximum atomic E-state index is 11.9. The monoisotopic (exact) mass is 323 g/mol. The summed E-state index contributed by atoms with van der Waals surface area (Å²) in [6.45, 7) is 1.85. The van der Waals surface area contributed by atoms with Crippen molar-refractivity contribution in [2.45, 2.75) is 17.9 Å². The van der Waals surface area contributed by atoms with Gasteiger partial charge in [0, 0.05) is 16.3 Å². The van der Waals surface area contributed by atoms with Crippen molar-refractivity contribution in [2.24, 2.45) is 0 Å². The number of thioether (sulfide) groups is 1. The van der Waals surface area contributed by atoms with Crippen LogP contribution in [0.2, 0.25) is 0 Å². The van der Waals surface area contributed by atoms with Crippen LogP contribution in [0.4, 0.5) is 0 Å². The first-order chi connectivity index (χ1) is 7.45. The van der Waals surface area contributed by atoms with Crippen LogP contribution in [0.1, 0.15) is 6.92 Å². The minimum Gasteiger partial charge on any atom is -0.208 e. The smallest absolute Gasteiger partial charge is 0.208 e. The van der Waals surface area contributed by atoms with E-state index < -0.39 is 10.0 Å². The minimum absolute atomic E-state index is 0.0704. The summed E-state index contributed by atoms with van der Waals surface area (Å²) in [5, 5.41) is 0. The predicted molar refractivity (Wildman–Crippen MR) is 72.3 cm³/mol. The second-order valence-corrected chi connectivity index (χ2v) is 6.98. The van der Waals surface area contributed by atoms with Crippen molar-refractivity contribution >= 4 is 37.7 Å². The molecule has 1 unspecified atom stereocenters. The summed E-state index contributed by atoms with van der Waals surface area (Å²) < 4.78 is 27.2. The van der Waals surface area contributed by atoms with Gasteiger partial charge in [-0.2, -0.15) is 11.8 Å². The van der Waals surface area contributed by atoms with Crippen LogP contribution >= 0.6 is 27.7 Å². The third kappa shape index (κ3) is 4.08. The average Bonchev–Trinajstić information content (AvgIpc) is 2.17. The number of hydrogen-bond donors (Lipinski definition) is 1. The Morgan fingerprint density at radius 3 is 2.75 bits per heavy atom. The first-order valence-electron chi connectivity index (χ1n) is 4.72. The summed E-state index contributed by atoms with van der Waals surface area (Å²) >= 11 is 4.87. The number of rotatable bonds is 5. The summed E-state index contributed by atoms with van der Waals surface area (Å²) in [5.41, 5.74) is 0. The van der Waals surface area contributed by atoms with Crippen LogP contribution in [-0.2, 0) is 10.0 Å². The molecule has 0 radical (unpaired) electrons. The van der Waals surface area contributed by atoms with E-state index >= 15 is 0 Å². The van der Waals surface area contributed by atoms with E-state index in [9.17, 15) is 8.42 Å². The van der Waals surface area contributed by atoms with E-state index in [1.807, 2.05) is 13.2 Å². The lowest BCUT2D eigenvalue weighted by atomic mass is 10.4. The highest BCUT2D eigenvalue weighted by Crippen LogP contribution is 2.16. The van der Waals surface area contributed by atoms with E-state index in [1.165, 1.54) is 0 Å². The molecule has 1 aromatic rings. The van der Waals surface area contributed by atoms with E-state index in [-0.39, 0.29) is 10.9 Å². The van der Waals surface area contributed by atoms with Gasteiger partial charge in [0.15, 0.2) is 0 Å². The lowest BCUT2D eigenvalue weighted by Gasteiger charge is -2.13. The molecule has 90 valence electrons. The second-order valence-electron chi connectivity index (χ2n) is 3.44. The van der Waals surface area contributed by atoms with E-state index in [4.69, 9.17) is 0 Å². The van der Waals surface area contributed by atoms with Crippen LogP contribution in [0.25, 0.3) is 0 Å². The molecule has 3 nitrogen and oxygen atoms in total. The zero-order valence-corrected chi connectivity index (χ0v) is 12.3. The standard InChI is InChI=1S/C10H14BrNO2S2/c1-8(7-15-2)12-16(13,14)10-5-3-4-9(11)6-10/h3-6,8,12H,7H2,1-2H3. The Hall–Kier alpha value is -0.0400. The van der Waals surface area contributed by atoms with E-state index in [0.717, 1.165) is 10.2 Å². The fourth-order valence-electron chi connectivity index (χ4n) is 1.25. The van der Waals surface area contributed by atoms with Crippen molar-refractivity contribution < 1.29 is 8.42 Å². The first kappa shape index (κ1) is 14.0. The zero-order valence-electron chi connectivity index (χ0n) is 9.10. The van der Waals surface area contributed by atoms with Gasteiger partial charge in [0.1, 0.15) is 0 Å². The molecule has 0 saturated carbocycles. The van der Waals surface area contributed by atoms with Crippen LogP contribution in [-0.4, -0.2) is 26.5 Å². The fourth-order valence-corrected chi connectivity index (χ4v) is 3.78. The summed E-state index contributed by atoms with van der Waals surface area (Å²) in [5.74, 6) is 0.757. The van der Waals surface area contributed by atoms with Crippen LogP contribution in [0.15, 0.2) is 33.6 Å². The molecule has 6 heteroatoms. The normalized spacial score (nSPS) is 13.7. The van der Waals surface area contributed by atoms with Crippen molar-refractivity contribution in [3.05, 3.63) is 28.7 Å². The molecule has 0 amide bonds. The Morgan fingerprint density at radius 1 is 1.50 bits per heavy atom. The van der Waals surface area contributed by atoms with E-state index in [2.05, 4.69) is 20.7 Å². The Kier molecular flexibility index (Phi) is 5.30. The maximum Gasteiger partial charge on any atom is 0.240 e. The van der Waals surface area contributed by atoms with Gasteiger partial charge in [-0.3, -0.25) is 0 Å². The van der Waals surface area contributed by atoms with Crippen molar-refractivity contribution in [1.29, 1.82) is 0 Å². The Labute approximate surface area is 109 Å². The zero-order chi connectivity index (χ0) is 12.2. The SMILES string of the molecule is CSCC(C)NS(=O)(=O)c1cccc(Br)c1. The molecule has 0 spiro atoms. The fraction of sp³-hybridized carbons (Fsp3) is 0.400. The average molecular weight is 324 g/mol. The first-order valence-corrected chi connectivity index (χ1v) is 8.39. The van der Waals surface area contributed by atoms with Gasteiger partial charge in [-0.05, 0) is 31.4 Å². The quantitative estimate of drug-likeness (QED) is 0.905. The number of halogens is 1. The van der Waals surface area contributed by atoms with Crippen molar-refractivity contribution in [1.82, 2.24) is 4.72 Å². The van der Waals surface area contributed by atoms with E-state index in [1.54, 1.807) is 36.0 Å². The lowest BCUT2D eigenvalue weighted by Crippen LogP contribution is -2.34. The molecule has 0 heterocycles. The number of benzene rings is 1. The number of hydrogen-bond acceptors (Lipinski definition) is 3. The molecular weight excluding hydrogens is 310 g/mol. The molecule has 0 saturated heterocycles. The molecule has 0 aromatic heterocycles. The lowest BCUT2D eigenvalue weighted by molar-refractivity contribution is 0.571. The van der Waals surface area contributed by atoms with Crippen LogP contribution < -0.4 is 4.72 Å². The summed E-state index contributed by atoms with van der Waals surface area (Å²) in [6.07, 6.45) is 1.95. The highest BCUT2D eigenvalue weighted by atomic mass is 79.9. The molecule has 0 aliphatic heterocycles. The highest BCUT2D eigenvalue weighted by Gasteiger charge is 2.16. The predicted octanol–water partition coefficient (Wildman–Crippen LogP) is 2.48. The maximum absolute atomic E-state index is 11.9. The third-order valence-corrected chi connectivity index (χ3v) is 4.79. The largest absolute Gasteiger partial charge is 0.240 e. The van der Waals surface area contributed by atoms with Gasteiger partial charge in [-0.15, -0.1) is 0 Å².